The zero-order chi connectivity index (χ0) is 14.9. The standard InChI is InChI=1S/C16H21N5O/c1-2-22-15-5-3-4-12(18-15)16-20-19-14-7-6-11-10-17-9-8-13(11)21(14)16/h3-5,11,13,17H,2,6-10H2,1H3/t11-,13+/m0/s1. The molecular weight excluding hydrogens is 278 g/mol. The fourth-order valence-corrected chi connectivity index (χ4v) is 3.64. The predicted molar refractivity (Wildman–Crippen MR) is 82.8 cm³/mol. The van der Waals surface area contributed by atoms with Crippen molar-refractivity contribution in [3.05, 3.63) is 24.0 Å². The minimum Gasteiger partial charge on any atom is -0.478 e. The van der Waals surface area contributed by atoms with Crippen molar-refractivity contribution in [3.8, 4) is 17.4 Å². The highest BCUT2D eigenvalue weighted by Gasteiger charge is 2.34. The molecule has 0 aromatic carbocycles. The van der Waals surface area contributed by atoms with Gasteiger partial charge >= 0.3 is 0 Å². The van der Waals surface area contributed by atoms with Crippen molar-refractivity contribution < 1.29 is 4.74 Å². The molecule has 1 N–H and O–H groups in total. The summed E-state index contributed by atoms with van der Waals surface area (Å²) in [5.41, 5.74) is 0.851. The van der Waals surface area contributed by atoms with Crippen LogP contribution in [-0.4, -0.2) is 39.4 Å². The van der Waals surface area contributed by atoms with E-state index in [0.29, 0.717) is 24.4 Å². The van der Waals surface area contributed by atoms with Crippen LogP contribution in [-0.2, 0) is 6.42 Å². The molecule has 116 valence electrons. The molecule has 0 amide bonds. The Morgan fingerprint density at radius 1 is 1.32 bits per heavy atom. The molecule has 2 aliphatic heterocycles. The highest BCUT2D eigenvalue weighted by molar-refractivity contribution is 5.51. The van der Waals surface area contributed by atoms with Crippen LogP contribution in [0.2, 0.25) is 0 Å². The molecular formula is C16H21N5O. The molecule has 0 radical (unpaired) electrons. The van der Waals surface area contributed by atoms with Crippen molar-refractivity contribution in [2.45, 2.75) is 32.2 Å². The summed E-state index contributed by atoms with van der Waals surface area (Å²) in [6.45, 7) is 4.73. The normalized spacial score (nSPS) is 23.7. The number of aromatic nitrogens is 4. The molecule has 2 aromatic heterocycles. The van der Waals surface area contributed by atoms with E-state index >= 15 is 0 Å². The smallest absolute Gasteiger partial charge is 0.213 e. The highest BCUT2D eigenvalue weighted by atomic mass is 16.5. The van der Waals surface area contributed by atoms with Gasteiger partial charge < -0.3 is 14.6 Å². The SMILES string of the molecule is CCOc1cccc(-c2nnc3n2[C@@H]2CCNC[C@@H]2CC3)n1. The van der Waals surface area contributed by atoms with Gasteiger partial charge in [0.2, 0.25) is 5.88 Å². The third kappa shape index (κ3) is 2.27. The van der Waals surface area contributed by atoms with Crippen LogP contribution in [0.1, 0.15) is 31.6 Å². The number of nitrogens with one attached hydrogen (secondary N) is 1. The summed E-state index contributed by atoms with van der Waals surface area (Å²) in [5, 5.41) is 12.3. The zero-order valence-electron chi connectivity index (χ0n) is 12.8. The Morgan fingerprint density at radius 3 is 3.18 bits per heavy atom. The van der Waals surface area contributed by atoms with Gasteiger partial charge in [0.1, 0.15) is 11.5 Å². The molecule has 4 rings (SSSR count). The fourth-order valence-electron chi connectivity index (χ4n) is 3.64. The average Bonchev–Trinajstić information content (AvgIpc) is 3.00. The molecule has 0 bridgehead atoms. The Balaban J connectivity index is 1.75. The molecule has 0 aliphatic carbocycles. The molecule has 2 atom stereocenters. The van der Waals surface area contributed by atoms with Crippen LogP contribution in [0.3, 0.4) is 0 Å². The Hall–Kier alpha value is -1.95. The van der Waals surface area contributed by atoms with Crippen LogP contribution >= 0.6 is 0 Å². The number of ether oxygens (including phenoxy) is 1. The average molecular weight is 299 g/mol. The van der Waals surface area contributed by atoms with E-state index in [1.54, 1.807) is 0 Å². The maximum absolute atomic E-state index is 5.52. The lowest BCUT2D eigenvalue weighted by atomic mass is 9.86. The molecule has 1 fully saturated rings. The number of nitrogens with zero attached hydrogens (tertiary/aromatic N) is 4. The molecule has 0 saturated carbocycles. The maximum atomic E-state index is 5.52. The van der Waals surface area contributed by atoms with Gasteiger partial charge in [-0.1, -0.05) is 6.07 Å². The van der Waals surface area contributed by atoms with Crippen molar-refractivity contribution in [2.24, 2.45) is 5.92 Å². The van der Waals surface area contributed by atoms with E-state index in [0.717, 1.165) is 43.3 Å². The number of hydrogen-bond donors (Lipinski definition) is 1. The summed E-state index contributed by atoms with van der Waals surface area (Å²) in [4.78, 5) is 4.59. The first-order valence-corrected chi connectivity index (χ1v) is 8.11. The highest BCUT2D eigenvalue weighted by Crippen LogP contribution is 2.37. The van der Waals surface area contributed by atoms with Crippen molar-refractivity contribution in [2.75, 3.05) is 19.7 Å². The van der Waals surface area contributed by atoms with Gasteiger partial charge in [0.15, 0.2) is 5.82 Å². The molecule has 4 heterocycles. The van der Waals surface area contributed by atoms with Gasteiger partial charge in [0.05, 0.1) is 6.61 Å². The predicted octanol–water partition coefficient (Wildman–Crippen LogP) is 1.84. The number of aryl methyl sites for hydroxylation is 1. The van der Waals surface area contributed by atoms with E-state index < -0.39 is 0 Å². The minimum absolute atomic E-state index is 0.493. The summed E-state index contributed by atoms with van der Waals surface area (Å²) >= 11 is 0. The second-order valence-corrected chi connectivity index (χ2v) is 5.96. The summed E-state index contributed by atoms with van der Waals surface area (Å²) in [5.74, 6) is 3.30. The monoisotopic (exact) mass is 299 g/mol. The van der Waals surface area contributed by atoms with Gasteiger partial charge in [0, 0.05) is 18.5 Å². The van der Waals surface area contributed by atoms with E-state index in [1.165, 1.54) is 6.42 Å². The van der Waals surface area contributed by atoms with Gasteiger partial charge in [-0.15, -0.1) is 10.2 Å². The van der Waals surface area contributed by atoms with Gasteiger partial charge in [-0.05, 0) is 44.8 Å². The number of fused-ring (bicyclic) bond motifs is 3. The first-order valence-electron chi connectivity index (χ1n) is 8.11. The third-order valence-electron chi connectivity index (χ3n) is 4.65. The van der Waals surface area contributed by atoms with Crippen LogP contribution in [0.4, 0.5) is 0 Å². The molecule has 6 heteroatoms. The molecule has 22 heavy (non-hydrogen) atoms. The summed E-state index contributed by atoms with van der Waals surface area (Å²) in [6, 6.07) is 6.34. The van der Waals surface area contributed by atoms with Crippen LogP contribution in [0.15, 0.2) is 18.2 Å². The van der Waals surface area contributed by atoms with Crippen molar-refractivity contribution in [3.63, 3.8) is 0 Å². The Bertz CT molecular complexity index is 668. The lowest BCUT2D eigenvalue weighted by Gasteiger charge is -2.37. The van der Waals surface area contributed by atoms with E-state index in [9.17, 15) is 0 Å². The second-order valence-electron chi connectivity index (χ2n) is 5.96. The van der Waals surface area contributed by atoms with Gasteiger partial charge in [-0.2, -0.15) is 0 Å². The Kier molecular flexibility index (Phi) is 3.54. The molecule has 6 nitrogen and oxygen atoms in total. The van der Waals surface area contributed by atoms with Gasteiger partial charge in [-0.25, -0.2) is 4.98 Å². The third-order valence-corrected chi connectivity index (χ3v) is 4.65. The molecule has 0 unspecified atom stereocenters. The summed E-state index contributed by atoms with van der Waals surface area (Å²) in [6.07, 6.45) is 3.33. The van der Waals surface area contributed by atoms with Crippen LogP contribution in [0, 0.1) is 5.92 Å². The Labute approximate surface area is 129 Å². The number of piperidine rings is 1. The first-order chi connectivity index (χ1) is 10.9. The number of pyridine rings is 1. The minimum atomic E-state index is 0.493. The van der Waals surface area contributed by atoms with E-state index in [4.69, 9.17) is 4.74 Å². The molecule has 2 aromatic rings. The van der Waals surface area contributed by atoms with Crippen molar-refractivity contribution in [1.82, 2.24) is 25.1 Å². The zero-order valence-corrected chi connectivity index (χ0v) is 12.8. The number of hydrogen-bond acceptors (Lipinski definition) is 5. The summed E-state index contributed by atoms with van der Waals surface area (Å²) in [7, 11) is 0. The van der Waals surface area contributed by atoms with Crippen molar-refractivity contribution in [1.29, 1.82) is 0 Å². The van der Waals surface area contributed by atoms with Crippen LogP contribution in [0.25, 0.3) is 11.5 Å². The topological polar surface area (TPSA) is 64.9 Å². The van der Waals surface area contributed by atoms with Crippen molar-refractivity contribution >= 4 is 0 Å². The quantitative estimate of drug-likeness (QED) is 0.937. The fraction of sp³-hybridized carbons (Fsp3) is 0.562. The largest absolute Gasteiger partial charge is 0.478 e. The lowest BCUT2D eigenvalue weighted by Crippen LogP contribution is -2.41. The van der Waals surface area contributed by atoms with E-state index in [1.807, 2.05) is 25.1 Å². The van der Waals surface area contributed by atoms with Gasteiger partial charge in [0.25, 0.3) is 0 Å². The van der Waals surface area contributed by atoms with E-state index in [2.05, 4.69) is 25.1 Å². The Morgan fingerprint density at radius 2 is 2.27 bits per heavy atom. The summed E-state index contributed by atoms with van der Waals surface area (Å²) < 4.78 is 7.84. The van der Waals surface area contributed by atoms with Crippen LogP contribution in [0.5, 0.6) is 5.88 Å². The molecule has 0 spiro atoms. The van der Waals surface area contributed by atoms with Crippen LogP contribution < -0.4 is 10.1 Å². The molecule has 1 saturated heterocycles. The first kappa shape index (κ1) is 13.7. The molecule has 2 aliphatic rings. The number of rotatable bonds is 3. The van der Waals surface area contributed by atoms with E-state index in [-0.39, 0.29) is 0 Å². The lowest BCUT2D eigenvalue weighted by molar-refractivity contribution is 0.215. The van der Waals surface area contributed by atoms with Gasteiger partial charge in [-0.3, -0.25) is 0 Å². The maximum Gasteiger partial charge on any atom is 0.213 e. The second kappa shape index (κ2) is 5.68.